The zero-order valence-corrected chi connectivity index (χ0v) is 26.9. The lowest BCUT2D eigenvalue weighted by molar-refractivity contribution is -0.858. The molecule has 1 rings (SSSR count). The van der Waals surface area contributed by atoms with Crippen LogP contribution in [0.3, 0.4) is 0 Å². The fraction of sp³-hybridized carbons (Fsp3) is 0.781. The molecule has 1 aromatic carbocycles. The van der Waals surface area contributed by atoms with E-state index in [9.17, 15) is 14.3 Å². The van der Waals surface area contributed by atoms with Gasteiger partial charge in [-0.1, -0.05) is 89.7 Å². The molecule has 2 unspecified atom stereocenters. The third-order valence-electron chi connectivity index (χ3n) is 7.09. The number of Topliss-reactive ketones (excluding diaryl/α,β-unsaturated/α-hetero) is 1. The summed E-state index contributed by atoms with van der Waals surface area (Å²) in [6.45, 7) is 5.67. The van der Waals surface area contributed by atoms with E-state index >= 15 is 0 Å². The van der Waals surface area contributed by atoms with Gasteiger partial charge in [-0.2, -0.15) is 0 Å². The van der Waals surface area contributed by atoms with Crippen LogP contribution in [0.1, 0.15) is 116 Å². The number of hydrogen-bond donors (Lipinski definition) is 2. The molecule has 0 amide bonds. The summed E-state index contributed by atoms with van der Waals surface area (Å²) < 4.78 is 28.5. The van der Waals surface area contributed by atoms with Gasteiger partial charge in [0.2, 0.25) is 0 Å². The number of carbonyl (C=O) groups excluding carboxylic acids is 1. The van der Waals surface area contributed by atoms with E-state index in [0.29, 0.717) is 12.8 Å². The molecule has 0 spiro atoms. The van der Waals surface area contributed by atoms with Crippen molar-refractivity contribution in [1.29, 1.82) is 0 Å². The molecule has 40 heavy (non-hydrogen) atoms. The lowest BCUT2D eigenvalue weighted by Crippen LogP contribution is -3.05. The number of hydrogen-bond acceptors (Lipinski definition) is 5. The largest absolute Gasteiger partial charge is 0.494 e. The van der Waals surface area contributed by atoms with Crippen LogP contribution in [0, 0.1) is 5.92 Å². The van der Waals surface area contributed by atoms with Crippen molar-refractivity contribution in [3.8, 4) is 5.75 Å². The van der Waals surface area contributed by atoms with Gasteiger partial charge in [-0.15, -0.1) is 0 Å². The summed E-state index contributed by atoms with van der Waals surface area (Å²) in [5, 5.41) is 0. The van der Waals surface area contributed by atoms with E-state index in [1.807, 2.05) is 24.3 Å². The third kappa shape index (κ3) is 21.5. The maximum atomic E-state index is 12.3. The monoisotopic (exact) mass is 584 g/mol. The Morgan fingerprint density at radius 2 is 1.38 bits per heavy atom. The highest BCUT2D eigenvalue weighted by atomic mass is 31.2. The van der Waals surface area contributed by atoms with Crippen molar-refractivity contribution in [2.24, 2.45) is 5.92 Å². The Kier molecular flexibility index (Phi) is 21.5. The van der Waals surface area contributed by atoms with Gasteiger partial charge in [0.05, 0.1) is 40.5 Å². The first-order valence-electron chi connectivity index (χ1n) is 15.8. The quantitative estimate of drug-likeness (QED) is 0.0859. The van der Waals surface area contributed by atoms with Crippen LogP contribution in [0.25, 0.3) is 0 Å². The Hall–Kier alpha value is -1.24. The van der Waals surface area contributed by atoms with Crippen LogP contribution in [0.5, 0.6) is 5.75 Å². The van der Waals surface area contributed by atoms with Crippen molar-refractivity contribution in [3.63, 3.8) is 0 Å². The minimum Gasteiger partial charge on any atom is -0.494 e. The molecule has 8 heteroatoms. The second-order valence-electron chi connectivity index (χ2n) is 11.6. The smallest absolute Gasteiger partial charge is 0.472 e. The van der Waals surface area contributed by atoms with Gasteiger partial charge in [0, 0.05) is 6.42 Å². The Morgan fingerprint density at radius 3 is 1.93 bits per heavy atom. The van der Waals surface area contributed by atoms with Gasteiger partial charge in [-0.05, 0) is 56.2 Å². The van der Waals surface area contributed by atoms with Crippen molar-refractivity contribution in [1.82, 2.24) is 0 Å². The highest BCUT2D eigenvalue weighted by Gasteiger charge is 2.24. The fourth-order valence-electron chi connectivity index (χ4n) is 4.78. The van der Waals surface area contributed by atoms with Gasteiger partial charge in [0.1, 0.15) is 11.5 Å². The number of carbonyl (C=O) groups is 1. The zero-order chi connectivity index (χ0) is 29.5. The lowest BCUT2D eigenvalue weighted by Gasteiger charge is -2.19. The number of nitrogens with one attached hydrogen (secondary N) is 1. The second-order valence-corrected chi connectivity index (χ2v) is 13.1. The van der Waals surface area contributed by atoms with E-state index in [1.165, 1.54) is 82.5 Å². The summed E-state index contributed by atoms with van der Waals surface area (Å²) in [5.41, 5.74) is 1.03. The highest BCUT2D eigenvalue weighted by Crippen LogP contribution is 2.44. The number of ether oxygens (including phenoxy) is 1. The van der Waals surface area contributed by atoms with Gasteiger partial charge in [0.25, 0.3) is 0 Å². The van der Waals surface area contributed by atoms with Crippen molar-refractivity contribution in [3.05, 3.63) is 29.8 Å². The van der Waals surface area contributed by atoms with Crippen LogP contribution in [-0.4, -0.2) is 51.1 Å². The lowest BCUT2D eigenvalue weighted by atomic mass is 9.95. The first-order chi connectivity index (χ1) is 19.2. The number of phosphoric ester groups is 1. The normalized spacial score (nSPS) is 13.8. The number of rotatable bonds is 27. The molecular weight excluding hydrogens is 525 g/mol. The molecule has 0 bridgehead atoms. The summed E-state index contributed by atoms with van der Waals surface area (Å²) >= 11 is 0. The fourth-order valence-corrected chi connectivity index (χ4v) is 5.62. The van der Waals surface area contributed by atoms with Crippen LogP contribution in [-0.2, 0) is 24.8 Å². The maximum Gasteiger partial charge on any atom is 0.472 e. The average molecular weight is 585 g/mol. The van der Waals surface area contributed by atoms with Crippen molar-refractivity contribution in [2.75, 3.05) is 40.5 Å². The Bertz CT molecular complexity index is 801. The van der Waals surface area contributed by atoms with E-state index in [0.717, 1.165) is 37.3 Å². The molecule has 7 nitrogen and oxygen atoms in total. The molecule has 0 aromatic heterocycles. The molecule has 232 valence electrons. The minimum absolute atomic E-state index is 0.00753. The molecule has 1 aromatic rings. The summed E-state index contributed by atoms with van der Waals surface area (Å²) in [7, 11) is -0.00478. The summed E-state index contributed by atoms with van der Waals surface area (Å²) in [6.07, 6.45) is 18.4. The molecular formula is C32H59NO6P+. The van der Waals surface area contributed by atoms with E-state index < -0.39 is 7.82 Å². The Morgan fingerprint density at radius 1 is 0.825 bits per heavy atom. The van der Waals surface area contributed by atoms with Gasteiger partial charge in [-0.25, -0.2) is 4.57 Å². The second kappa shape index (κ2) is 23.3. The topological polar surface area (TPSA) is 86.5 Å². The van der Waals surface area contributed by atoms with Crippen LogP contribution >= 0.6 is 7.82 Å². The first-order valence-corrected chi connectivity index (χ1v) is 17.3. The molecule has 0 aliphatic heterocycles. The van der Waals surface area contributed by atoms with E-state index in [2.05, 4.69) is 21.0 Å². The molecule has 0 radical (unpaired) electrons. The summed E-state index contributed by atoms with van der Waals surface area (Å²) in [5.74, 6) is 0.665. The maximum absolute atomic E-state index is 12.3. The van der Waals surface area contributed by atoms with Crippen LogP contribution in [0.15, 0.2) is 24.3 Å². The van der Waals surface area contributed by atoms with Gasteiger partial charge in [0.15, 0.2) is 0 Å². The van der Waals surface area contributed by atoms with Crippen LogP contribution in [0.4, 0.5) is 0 Å². The van der Waals surface area contributed by atoms with Crippen LogP contribution in [0.2, 0.25) is 0 Å². The number of quaternary nitrogens is 1. The molecule has 0 aliphatic rings. The summed E-state index contributed by atoms with van der Waals surface area (Å²) in [4.78, 5) is 23.1. The standard InChI is InChI=1S/C32H58NO6P/c1-5-6-7-8-9-10-11-12-13-14-15-17-24-37-32-21-19-30(20-22-32)27-31(26-29(2)34)28-39-40(35,36)38-25-18-16-23-33(3)4/h19-22,31H,5-18,23-28H2,1-4H3,(H,35,36)/p+1. The number of phosphoric acid groups is 1. The predicted molar refractivity (Wildman–Crippen MR) is 164 cm³/mol. The third-order valence-corrected chi connectivity index (χ3v) is 8.07. The number of unbranched alkanes of at least 4 members (excludes halogenated alkanes) is 12. The molecule has 0 aliphatic carbocycles. The molecule has 2 atom stereocenters. The molecule has 0 saturated heterocycles. The predicted octanol–water partition coefficient (Wildman–Crippen LogP) is 6.96. The van der Waals surface area contributed by atoms with E-state index in [4.69, 9.17) is 13.8 Å². The van der Waals surface area contributed by atoms with Gasteiger partial charge < -0.3 is 19.3 Å². The van der Waals surface area contributed by atoms with E-state index in [1.54, 1.807) is 0 Å². The van der Waals surface area contributed by atoms with Crippen molar-refractivity contribution >= 4 is 13.6 Å². The SMILES string of the molecule is CCCCCCCCCCCCCCOc1ccc(CC(COP(=O)(O)OCCCC[NH+](C)C)CC(C)=O)cc1. The molecule has 2 N–H and O–H groups in total. The number of ketones is 1. The average Bonchev–Trinajstić information content (AvgIpc) is 2.90. The van der Waals surface area contributed by atoms with E-state index in [-0.39, 0.29) is 31.3 Å². The Balaban J connectivity index is 2.26. The van der Waals surface area contributed by atoms with Gasteiger partial charge in [-0.3, -0.25) is 9.05 Å². The highest BCUT2D eigenvalue weighted by molar-refractivity contribution is 7.47. The first kappa shape index (κ1) is 36.8. The molecule has 0 fully saturated rings. The zero-order valence-electron chi connectivity index (χ0n) is 26.0. The van der Waals surface area contributed by atoms with Crippen molar-refractivity contribution in [2.45, 2.75) is 117 Å². The van der Waals surface area contributed by atoms with Crippen LogP contribution < -0.4 is 9.64 Å². The molecule has 0 heterocycles. The Labute approximate surface area is 245 Å². The molecule has 0 saturated carbocycles. The van der Waals surface area contributed by atoms with Gasteiger partial charge >= 0.3 is 7.82 Å². The van der Waals surface area contributed by atoms with Crippen molar-refractivity contribution < 1.29 is 32.9 Å². The minimum atomic E-state index is -4.14. The number of benzene rings is 1. The summed E-state index contributed by atoms with van der Waals surface area (Å²) in [6, 6.07) is 7.90.